The Labute approximate surface area is 154 Å². The van der Waals surface area contributed by atoms with E-state index < -0.39 is 10.0 Å². The molecule has 0 spiro atoms. The van der Waals surface area contributed by atoms with Gasteiger partial charge >= 0.3 is 0 Å². The molecule has 0 aliphatic carbocycles. The van der Waals surface area contributed by atoms with Crippen LogP contribution in [0.1, 0.15) is 24.8 Å². The van der Waals surface area contributed by atoms with Crippen LogP contribution in [0.3, 0.4) is 0 Å². The van der Waals surface area contributed by atoms with Crippen molar-refractivity contribution >= 4 is 27.7 Å². The Morgan fingerprint density at radius 1 is 0.923 bits per heavy atom. The van der Waals surface area contributed by atoms with Crippen LogP contribution in [0.4, 0.5) is 5.69 Å². The second kappa shape index (κ2) is 8.29. The number of hydrogen-bond acceptors (Lipinski definition) is 3. The first-order chi connectivity index (χ1) is 12.6. The number of carbonyl (C=O) groups excluding carboxylic acids is 1. The predicted molar refractivity (Wildman–Crippen MR) is 103 cm³/mol. The third-order valence-electron chi connectivity index (χ3n) is 4.30. The van der Waals surface area contributed by atoms with E-state index in [2.05, 4.69) is 5.32 Å². The monoisotopic (exact) mass is 370 g/mol. The van der Waals surface area contributed by atoms with Gasteiger partial charge in [-0.25, -0.2) is 8.42 Å². The van der Waals surface area contributed by atoms with Crippen molar-refractivity contribution in [2.45, 2.75) is 24.2 Å². The Balaban J connectivity index is 1.79. The number of nitrogens with zero attached hydrogens (tertiary/aromatic N) is 1. The summed E-state index contributed by atoms with van der Waals surface area (Å²) in [7, 11) is -3.61. The SMILES string of the molecule is O=C(/C=C/c1ccccc1)Nc1ccccc1S(=O)(=O)N1CCCCC1. The highest BCUT2D eigenvalue weighted by Crippen LogP contribution is 2.26. The van der Waals surface area contributed by atoms with E-state index in [9.17, 15) is 13.2 Å². The number of benzene rings is 2. The fourth-order valence-corrected chi connectivity index (χ4v) is 4.61. The summed E-state index contributed by atoms with van der Waals surface area (Å²) in [6.07, 6.45) is 5.88. The lowest BCUT2D eigenvalue weighted by Gasteiger charge is -2.26. The Bertz CT molecular complexity index is 886. The van der Waals surface area contributed by atoms with Gasteiger partial charge in [-0.15, -0.1) is 0 Å². The molecule has 0 saturated carbocycles. The molecule has 0 radical (unpaired) electrons. The molecule has 1 fully saturated rings. The molecule has 0 bridgehead atoms. The number of rotatable bonds is 5. The van der Waals surface area contributed by atoms with Crippen LogP contribution in [0.15, 0.2) is 65.6 Å². The van der Waals surface area contributed by atoms with Crippen LogP contribution in [0, 0.1) is 0 Å². The van der Waals surface area contributed by atoms with Crippen LogP contribution in [0.25, 0.3) is 6.08 Å². The third kappa shape index (κ3) is 4.39. The first kappa shape index (κ1) is 18.4. The van der Waals surface area contributed by atoms with Gasteiger partial charge in [0.15, 0.2) is 0 Å². The fraction of sp³-hybridized carbons (Fsp3) is 0.250. The van der Waals surface area contributed by atoms with Crippen molar-refractivity contribution in [3.05, 3.63) is 66.2 Å². The molecule has 1 aliphatic rings. The number of para-hydroxylation sites is 1. The minimum absolute atomic E-state index is 0.142. The molecular formula is C20H22N2O3S. The van der Waals surface area contributed by atoms with E-state index in [0.717, 1.165) is 24.8 Å². The zero-order valence-electron chi connectivity index (χ0n) is 14.5. The van der Waals surface area contributed by atoms with Gasteiger partial charge in [0, 0.05) is 19.2 Å². The van der Waals surface area contributed by atoms with Crippen molar-refractivity contribution in [1.29, 1.82) is 0 Å². The maximum atomic E-state index is 12.9. The van der Waals surface area contributed by atoms with Gasteiger partial charge in [-0.2, -0.15) is 4.31 Å². The number of sulfonamides is 1. The molecule has 1 heterocycles. The lowest BCUT2D eigenvalue weighted by molar-refractivity contribution is -0.111. The first-order valence-electron chi connectivity index (χ1n) is 8.71. The number of anilines is 1. The average molecular weight is 370 g/mol. The highest BCUT2D eigenvalue weighted by atomic mass is 32.2. The van der Waals surface area contributed by atoms with Crippen LogP contribution in [-0.2, 0) is 14.8 Å². The highest BCUT2D eigenvalue weighted by molar-refractivity contribution is 7.89. The van der Waals surface area contributed by atoms with E-state index >= 15 is 0 Å². The lowest BCUT2D eigenvalue weighted by atomic mass is 10.2. The molecular weight excluding hydrogens is 348 g/mol. The normalized spacial score (nSPS) is 15.8. The summed E-state index contributed by atoms with van der Waals surface area (Å²) in [6, 6.07) is 16.0. The van der Waals surface area contributed by atoms with Crippen LogP contribution in [0.5, 0.6) is 0 Å². The van der Waals surface area contributed by atoms with Gasteiger partial charge in [-0.1, -0.05) is 48.9 Å². The molecule has 26 heavy (non-hydrogen) atoms. The molecule has 0 atom stereocenters. The van der Waals surface area contributed by atoms with Gasteiger partial charge in [0.1, 0.15) is 4.90 Å². The number of hydrogen-bond donors (Lipinski definition) is 1. The Morgan fingerprint density at radius 3 is 2.31 bits per heavy atom. The molecule has 5 nitrogen and oxygen atoms in total. The zero-order chi connectivity index (χ0) is 18.4. The van der Waals surface area contributed by atoms with Crippen LogP contribution in [-0.4, -0.2) is 31.7 Å². The van der Waals surface area contributed by atoms with Gasteiger partial charge in [0.25, 0.3) is 0 Å². The second-order valence-electron chi connectivity index (χ2n) is 6.19. The van der Waals surface area contributed by atoms with Gasteiger partial charge < -0.3 is 5.32 Å². The number of amides is 1. The number of nitrogens with one attached hydrogen (secondary N) is 1. The number of carbonyl (C=O) groups is 1. The van der Waals surface area contributed by atoms with E-state index in [4.69, 9.17) is 0 Å². The molecule has 6 heteroatoms. The highest BCUT2D eigenvalue weighted by Gasteiger charge is 2.28. The van der Waals surface area contributed by atoms with E-state index in [1.54, 1.807) is 30.3 Å². The van der Waals surface area contributed by atoms with Crippen molar-refractivity contribution in [2.24, 2.45) is 0 Å². The van der Waals surface area contributed by atoms with E-state index in [0.29, 0.717) is 18.8 Å². The van der Waals surface area contributed by atoms with Crippen molar-refractivity contribution < 1.29 is 13.2 Å². The van der Waals surface area contributed by atoms with Crippen molar-refractivity contribution in [1.82, 2.24) is 4.31 Å². The van der Waals surface area contributed by atoms with Crippen molar-refractivity contribution in [3.63, 3.8) is 0 Å². The van der Waals surface area contributed by atoms with Crippen molar-refractivity contribution in [2.75, 3.05) is 18.4 Å². The standard InChI is InChI=1S/C20H22N2O3S/c23-20(14-13-17-9-3-1-4-10-17)21-18-11-5-6-12-19(18)26(24,25)22-15-7-2-8-16-22/h1,3-6,9-14H,2,7-8,15-16H2,(H,21,23)/b14-13+. The summed E-state index contributed by atoms with van der Waals surface area (Å²) in [6.45, 7) is 1.05. The van der Waals surface area contributed by atoms with Gasteiger partial charge in [-0.3, -0.25) is 4.79 Å². The zero-order valence-corrected chi connectivity index (χ0v) is 15.3. The first-order valence-corrected chi connectivity index (χ1v) is 10.1. The topological polar surface area (TPSA) is 66.5 Å². The van der Waals surface area contributed by atoms with E-state index in [1.807, 2.05) is 30.3 Å². The molecule has 1 amide bonds. The summed E-state index contributed by atoms with van der Waals surface area (Å²) < 4.78 is 27.4. The molecule has 1 N–H and O–H groups in total. The average Bonchev–Trinajstić information content (AvgIpc) is 2.68. The van der Waals surface area contributed by atoms with Crippen molar-refractivity contribution in [3.8, 4) is 0 Å². The minimum atomic E-state index is -3.61. The van der Waals surface area contributed by atoms with E-state index in [-0.39, 0.29) is 10.8 Å². The Kier molecular flexibility index (Phi) is 5.85. The summed E-state index contributed by atoms with van der Waals surface area (Å²) in [5.74, 6) is -0.366. The smallest absolute Gasteiger partial charge is 0.248 e. The summed E-state index contributed by atoms with van der Waals surface area (Å²) in [5.41, 5.74) is 1.21. The van der Waals surface area contributed by atoms with Crippen LogP contribution < -0.4 is 5.32 Å². The van der Waals surface area contributed by atoms with Gasteiger partial charge in [0.05, 0.1) is 5.69 Å². The molecule has 136 valence electrons. The predicted octanol–water partition coefficient (Wildman–Crippen LogP) is 3.51. The maximum absolute atomic E-state index is 12.9. The number of piperidine rings is 1. The Hall–Kier alpha value is -2.44. The molecule has 0 aromatic heterocycles. The summed E-state index contributed by atoms with van der Waals surface area (Å²) in [5, 5.41) is 2.69. The molecule has 0 unspecified atom stereocenters. The molecule has 3 rings (SSSR count). The Morgan fingerprint density at radius 2 is 1.58 bits per heavy atom. The lowest BCUT2D eigenvalue weighted by Crippen LogP contribution is -2.36. The largest absolute Gasteiger partial charge is 0.321 e. The quantitative estimate of drug-likeness (QED) is 0.819. The van der Waals surface area contributed by atoms with Crippen LogP contribution >= 0.6 is 0 Å². The molecule has 1 saturated heterocycles. The van der Waals surface area contributed by atoms with Crippen LogP contribution in [0.2, 0.25) is 0 Å². The minimum Gasteiger partial charge on any atom is -0.321 e. The van der Waals surface area contributed by atoms with Gasteiger partial charge in [-0.05, 0) is 36.6 Å². The van der Waals surface area contributed by atoms with Gasteiger partial charge in [0.2, 0.25) is 15.9 Å². The fourth-order valence-electron chi connectivity index (χ4n) is 2.95. The maximum Gasteiger partial charge on any atom is 0.248 e. The summed E-state index contributed by atoms with van der Waals surface area (Å²) >= 11 is 0. The third-order valence-corrected chi connectivity index (χ3v) is 6.26. The molecule has 1 aliphatic heterocycles. The molecule has 2 aromatic carbocycles. The second-order valence-corrected chi connectivity index (χ2v) is 8.10. The van der Waals surface area contributed by atoms with E-state index in [1.165, 1.54) is 10.4 Å². The summed E-state index contributed by atoms with van der Waals surface area (Å²) in [4.78, 5) is 12.4. The molecule has 2 aromatic rings.